The summed E-state index contributed by atoms with van der Waals surface area (Å²) in [5.41, 5.74) is 1.27. The monoisotopic (exact) mass is 368 g/mol. The quantitative estimate of drug-likeness (QED) is 0.866. The van der Waals surface area contributed by atoms with E-state index in [0.29, 0.717) is 5.92 Å². The van der Waals surface area contributed by atoms with Crippen molar-refractivity contribution < 1.29 is 14.3 Å². The van der Waals surface area contributed by atoms with Crippen LogP contribution >= 0.6 is 12.4 Å². The Morgan fingerprint density at radius 1 is 1.24 bits per heavy atom. The van der Waals surface area contributed by atoms with Crippen LogP contribution < -0.4 is 10.1 Å². The molecule has 2 saturated heterocycles. The van der Waals surface area contributed by atoms with Gasteiger partial charge in [-0.25, -0.2) is 0 Å². The van der Waals surface area contributed by atoms with Crippen molar-refractivity contribution in [3.05, 3.63) is 29.8 Å². The Morgan fingerprint density at radius 2 is 1.96 bits per heavy atom. The van der Waals surface area contributed by atoms with Gasteiger partial charge in [0.2, 0.25) is 5.91 Å². The van der Waals surface area contributed by atoms with Crippen LogP contribution in [0.3, 0.4) is 0 Å². The number of methoxy groups -OCH3 is 2. The van der Waals surface area contributed by atoms with E-state index in [1.165, 1.54) is 5.56 Å². The lowest BCUT2D eigenvalue weighted by molar-refractivity contribution is -0.134. The second-order valence-electron chi connectivity index (χ2n) is 6.84. The maximum Gasteiger partial charge on any atom is 0.239 e. The summed E-state index contributed by atoms with van der Waals surface area (Å²) >= 11 is 0. The van der Waals surface area contributed by atoms with Crippen LogP contribution in [-0.4, -0.2) is 56.8 Å². The molecule has 2 aliphatic heterocycles. The van der Waals surface area contributed by atoms with Crippen molar-refractivity contribution >= 4 is 18.3 Å². The summed E-state index contributed by atoms with van der Waals surface area (Å²) in [6, 6.07) is 8.16. The summed E-state index contributed by atoms with van der Waals surface area (Å²) in [4.78, 5) is 14.6. The smallest absolute Gasteiger partial charge is 0.239 e. The van der Waals surface area contributed by atoms with E-state index >= 15 is 0 Å². The van der Waals surface area contributed by atoms with Crippen molar-refractivity contribution in [3.8, 4) is 5.75 Å². The zero-order valence-corrected chi connectivity index (χ0v) is 15.9. The first-order chi connectivity index (χ1) is 11.7. The Morgan fingerprint density at radius 3 is 2.60 bits per heavy atom. The minimum Gasteiger partial charge on any atom is -0.496 e. The number of halogens is 1. The molecule has 1 aromatic rings. The summed E-state index contributed by atoms with van der Waals surface area (Å²) in [5.74, 6) is 1.83. The third-order valence-corrected chi connectivity index (χ3v) is 5.35. The lowest BCUT2D eigenvalue weighted by Gasteiger charge is -2.33. The van der Waals surface area contributed by atoms with Gasteiger partial charge in [-0.2, -0.15) is 0 Å². The van der Waals surface area contributed by atoms with Gasteiger partial charge in [-0.05, 0) is 43.2 Å². The molecule has 2 aliphatic rings. The first-order valence-corrected chi connectivity index (χ1v) is 8.88. The Labute approximate surface area is 156 Å². The van der Waals surface area contributed by atoms with Crippen molar-refractivity contribution in [2.75, 3.05) is 33.9 Å². The Balaban J connectivity index is 0.00000225. The van der Waals surface area contributed by atoms with Crippen molar-refractivity contribution in [1.29, 1.82) is 0 Å². The number of carbonyl (C=O) groups excluding carboxylic acids is 1. The molecule has 0 bridgehead atoms. The second kappa shape index (κ2) is 9.41. The molecule has 0 unspecified atom stereocenters. The molecule has 0 aliphatic carbocycles. The molecule has 1 N–H and O–H groups in total. The van der Waals surface area contributed by atoms with E-state index in [1.807, 2.05) is 17.0 Å². The lowest BCUT2D eigenvalue weighted by Crippen LogP contribution is -2.47. The van der Waals surface area contributed by atoms with Crippen LogP contribution in [0.1, 0.15) is 24.8 Å². The molecule has 3 rings (SSSR count). The number of likely N-dealkylation sites (tertiary alicyclic amines) is 1. The van der Waals surface area contributed by atoms with Gasteiger partial charge in [-0.1, -0.05) is 18.2 Å². The summed E-state index contributed by atoms with van der Waals surface area (Å²) in [5, 5.41) is 3.29. The van der Waals surface area contributed by atoms with E-state index < -0.39 is 0 Å². The van der Waals surface area contributed by atoms with Crippen molar-refractivity contribution in [1.82, 2.24) is 10.2 Å². The second-order valence-corrected chi connectivity index (χ2v) is 6.84. The third-order valence-electron chi connectivity index (χ3n) is 5.35. The van der Waals surface area contributed by atoms with Crippen LogP contribution in [0.4, 0.5) is 0 Å². The van der Waals surface area contributed by atoms with Crippen molar-refractivity contribution in [3.63, 3.8) is 0 Å². The highest BCUT2D eigenvalue weighted by Crippen LogP contribution is 2.27. The fourth-order valence-electron chi connectivity index (χ4n) is 3.83. The summed E-state index contributed by atoms with van der Waals surface area (Å²) in [6.07, 6.45) is 4.10. The molecular weight excluding hydrogens is 340 g/mol. The van der Waals surface area contributed by atoms with E-state index in [2.05, 4.69) is 17.4 Å². The average molecular weight is 369 g/mol. The van der Waals surface area contributed by atoms with Gasteiger partial charge < -0.3 is 19.7 Å². The standard InChI is InChI=1S/C19H28N2O3.ClH/c1-23-16-12-17(20-13-16)19(22)21-9-7-14(8-10-21)11-15-5-3-4-6-18(15)24-2;/h3-6,14,16-17,20H,7-13H2,1-2H3;1H/t16-,17-;/m0./s1. The van der Waals surface area contributed by atoms with Crippen LogP contribution in [0.15, 0.2) is 24.3 Å². The molecule has 25 heavy (non-hydrogen) atoms. The number of nitrogens with one attached hydrogen (secondary N) is 1. The average Bonchev–Trinajstić information content (AvgIpc) is 3.11. The molecule has 2 heterocycles. The van der Waals surface area contributed by atoms with Crippen LogP contribution in [-0.2, 0) is 16.0 Å². The van der Waals surface area contributed by atoms with Crippen molar-refractivity contribution in [2.24, 2.45) is 5.92 Å². The predicted molar refractivity (Wildman–Crippen MR) is 100 cm³/mol. The molecule has 5 nitrogen and oxygen atoms in total. The summed E-state index contributed by atoms with van der Waals surface area (Å²) in [7, 11) is 3.44. The number of para-hydroxylation sites is 1. The van der Waals surface area contributed by atoms with Gasteiger partial charge in [0, 0.05) is 26.7 Å². The fourth-order valence-corrected chi connectivity index (χ4v) is 3.83. The van der Waals surface area contributed by atoms with E-state index in [0.717, 1.165) is 51.1 Å². The molecule has 0 spiro atoms. The third kappa shape index (κ3) is 4.87. The topological polar surface area (TPSA) is 50.8 Å². The summed E-state index contributed by atoms with van der Waals surface area (Å²) in [6.45, 7) is 2.49. The number of rotatable bonds is 5. The molecule has 2 fully saturated rings. The first kappa shape index (κ1) is 20.0. The van der Waals surface area contributed by atoms with Gasteiger partial charge in [0.25, 0.3) is 0 Å². The molecule has 2 atom stereocenters. The number of carbonyl (C=O) groups is 1. The van der Waals surface area contributed by atoms with Crippen molar-refractivity contribution in [2.45, 2.75) is 37.8 Å². The number of nitrogens with zero attached hydrogens (tertiary/aromatic N) is 1. The molecular formula is C19H29ClN2O3. The Hall–Kier alpha value is -1.30. The van der Waals surface area contributed by atoms with Gasteiger partial charge in [-0.15, -0.1) is 12.4 Å². The number of ether oxygens (including phenoxy) is 2. The highest BCUT2D eigenvalue weighted by atomic mass is 35.5. The number of amides is 1. The minimum atomic E-state index is -0.0688. The highest BCUT2D eigenvalue weighted by Gasteiger charge is 2.33. The van der Waals surface area contributed by atoms with Gasteiger partial charge in [0.1, 0.15) is 5.75 Å². The fraction of sp³-hybridized carbons (Fsp3) is 0.632. The van der Waals surface area contributed by atoms with E-state index in [1.54, 1.807) is 14.2 Å². The maximum atomic E-state index is 12.6. The molecule has 1 amide bonds. The largest absolute Gasteiger partial charge is 0.496 e. The van der Waals surface area contributed by atoms with Crippen LogP contribution in [0.2, 0.25) is 0 Å². The normalized spacial score (nSPS) is 24.0. The zero-order valence-electron chi connectivity index (χ0n) is 15.1. The molecule has 0 saturated carbocycles. The van der Waals surface area contributed by atoms with Crippen LogP contribution in [0.25, 0.3) is 0 Å². The molecule has 0 radical (unpaired) electrons. The highest BCUT2D eigenvalue weighted by molar-refractivity contribution is 5.85. The van der Waals surface area contributed by atoms with E-state index in [4.69, 9.17) is 9.47 Å². The number of piperidine rings is 1. The van der Waals surface area contributed by atoms with E-state index in [-0.39, 0.29) is 30.5 Å². The van der Waals surface area contributed by atoms with Gasteiger partial charge in [-0.3, -0.25) is 4.79 Å². The zero-order chi connectivity index (χ0) is 16.9. The summed E-state index contributed by atoms with van der Waals surface area (Å²) < 4.78 is 10.8. The van der Waals surface area contributed by atoms with Gasteiger partial charge >= 0.3 is 0 Å². The lowest BCUT2D eigenvalue weighted by atomic mass is 9.89. The van der Waals surface area contributed by atoms with Gasteiger partial charge in [0.15, 0.2) is 0 Å². The number of benzene rings is 1. The number of hydrogen-bond acceptors (Lipinski definition) is 4. The molecule has 0 aromatic heterocycles. The van der Waals surface area contributed by atoms with Gasteiger partial charge in [0.05, 0.1) is 19.3 Å². The minimum absolute atomic E-state index is 0. The SMILES string of the molecule is COc1ccccc1CC1CCN(C(=O)[C@@H]2C[C@H](OC)CN2)CC1.Cl. The first-order valence-electron chi connectivity index (χ1n) is 8.88. The number of hydrogen-bond donors (Lipinski definition) is 1. The predicted octanol–water partition coefficient (Wildman–Crippen LogP) is 2.28. The maximum absolute atomic E-state index is 12.6. The molecule has 1 aromatic carbocycles. The Bertz CT molecular complexity index is 561. The molecule has 6 heteroatoms. The van der Waals surface area contributed by atoms with Crippen LogP contribution in [0, 0.1) is 5.92 Å². The Kier molecular flexibility index (Phi) is 7.54. The van der Waals surface area contributed by atoms with E-state index in [9.17, 15) is 4.79 Å². The molecule has 140 valence electrons. The van der Waals surface area contributed by atoms with Crippen LogP contribution in [0.5, 0.6) is 5.75 Å².